The molecule has 6 nitrogen and oxygen atoms in total. The fourth-order valence-corrected chi connectivity index (χ4v) is 2.85. The molecule has 6 heteroatoms. The van der Waals surface area contributed by atoms with Crippen molar-refractivity contribution in [3.05, 3.63) is 65.9 Å². The molecule has 2 aromatic carbocycles. The molecule has 0 unspecified atom stereocenters. The number of fused-ring (bicyclic) bond motifs is 1. The van der Waals surface area contributed by atoms with Gasteiger partial charge < -0.3 is 19.7 Å². The maximum absolute atomic E-state index is 5.42. The van der Waals surface area contributed by atoms with Crippen LogP contribution in [-0.2, 0) is 6.54 Å². The average Bonchev–Trinajstić information content (AvgIpc) is 3.10. The van der Waals surface area contributed by atoms with E-state index in [0.29, 0.717) is 5.95 Å². The van der Waals surface area contributed by atoms with Crippen molar-refractivity contribution in [1.29, 1.82) is 0 Å². The molecule has 4 rings (SSSR count). The summed E-state index contributed by atoms with van der Waals surface area (Å²) in [5.74, 6) is 2.90. The topological polar surface area (TPSA) is 59.5 Å². The molecule has 0 aliphatic carbocycles. The summed E-state index contributed by atoms with van der Waals surface area (Å²) >= 11 is 0. The first kappa shape index (κ1) is 16.2. The first-order chi connectivity index (χ1) is 12.7. The van der Waals surface area contributed by atoms with Crippen LogP contribution < -0.4 is 19.7 Å². The Kier molecular flexibility index (Phi) is 4.31. The fraction of sp³-hybridized carbons (Fsp3) is 0.200. The van der Waals surface area contributed by atoms with Crippen LogP contribution in [0.25, 0.3) is 0 Å². The number of hydrogen-bond acceptors (Lipinski definition) is 6. The molecule has 1 aromatic heterocycles. The third kappa shape index (κ3) is 3.54. The molecule has 1 aliphatic rings. The van der Waals surface area contributed by atoms with Gasteiger partial charge >= 0.3 is 0 Å². The van der Waals surface area contributed by atoms with Gasteiger partial charge in [0, 0.05) is 37.1 Å². The van der Waals surface area contributed by atoms with Crippen molar-refractivity contribution in [2.24, 2.45) is 0 Å². The Labute approximate surface area is 152 Å². The zero-order valence-corrected chi connectivity index (χ0v) is 14.8. The summed E-state index contributed by atoms with van der Waals surface area (Å²) in [5, 5.41) is 3.25. The van der Waals surface area contributed by atoms with Gasteiger partial charge in [-0.25, -0.2) is 4.98 Å². The molecule has 1 N–H and O–H groups in total. The van der Waals surface area contributed by atoms with Gasteiger partial charge in [0.05, 0.1) is 0 Å². The van der Waals surface area contributed by atoms with E-state index in [9.17, 15) is 0 Å². The summed E-state index contributed by atoms with van der Waals surface area (Å²) in [7, 11) is 2.03. The highest BCUT2D eigenvalue weighted by atomic mass is 16.7. The number of nitrogens with one attached hydrogen (secondary N) is 1. The minimum atomic E-state index is 0.258. The number of benzene rings is 2. The number of ether oxygens (including phenoxy) is 2. The molecular formula is C20H20N4O2. The molecular weight excluding hydrogens is 328 g/mol. The third-order valence-corrected chi connectivity index (χ3v) is 4.12. The Bertz CT molecular complexity index is 915. The van der Waals surface area contributed by atoms with Crippen LogP contribution in [0.4, 0.5) is 17.5 Å². The Morgan fingerprint density at radius 1 is 1.00 bits per heavy atom. The van der Waals surface area contributed by atoms with Gasteiger partial charge in [0.1, 0.15) is 5.82 Å². The summed E-state index contributed by atoms with van der Waals surface area (Å²) in [5.41, 5.74) is 2.99. The molecule has 2 heterocycles. The molecule has 0 fully saturated rings. The van der Waals surface area contributed by atoms with E-state index in [0.717, 1.165) is 35.2 Å². The quantitative estimate of drug-likeness (QED) is 0.755. The highest BCUT2D eigenvalue weighted by Gasteiger charge is 2.14. The van der Waals surface area contributed by atoms with E-state index < -0.39 is 0 Å². The van der Waals surface area contributed by atoms with Crippen molar-refractivity contribution in [3.8, 4) is 11.5 Å². The lowest BCUT2D eigenvalue weighted by molar-refractivity contribution is 0.174. The summed E-state index contributed by atoms with van der Waals surface area (Å²) in [6, 6.07) is 18.0. The van der Waals surface area contributed by atoms with Crippen LogP contribution in [0.2, 0.25) is 0 Å². The van der Waals surface area contributed by atoms with E-state index in [2.05, 4.69) is 32.3 Å². The monoisotopic (exact) mass is 348 g/mol. The van der Waals surface area contributed by atoms with Crippen molar-refractivity contribution in [1.82, 2.24) is 9.97 Å². The minimum absolute atomic E-state index is 0.258. The lowest BCUT2D eigenvalue weighted by Gasteiger charge is -2.19. The van der Waals surface area contributed by atoms with Crippen molar-refractivity contribution < 1.29 is 9.47 Å². The van der Waals surface area contributed by atoms with Gasteiger partial charge in [0.15, 0.2) is 11.5 Å². The van der Waals surface area contributed by atoms with Crippen LogP contribution in [0.1, 0.15) is 11.3 Å². The highest BCUT2D eigenvalue weighted by Crippen LogP contribution is 2.34. The van der Waals surface area contributed by atoms with Crippen molar-refractivity contribution in [2.75, 3.05) is 24.1 Å². The number of anilines is 3. The van der Waals surface area contributed by atoms with E-state index >= 15 is 0 Å². The average molecular weight is 348 g/mol. The molecule has 132 valence electrons. The van der Waals surface area contributed by atoms with Crippen molar-refractivity contribution in [2.45, 2.75) is 13.5 Å². The Morgan fingerprint density at radius 2 is 1.81 bits per heavy atom. The van der Waals surface area contributed by atoms with Gasteiger partial charge in [-0.2, -0.15) is 4.98 Å². The van der Waals surface area contributed by atoms with Crippen LogP contribution in [0, 0.1) is 6.92 Å². The largest absolute Gasteiger partial charge is 0.454 e. The highest BCUT2D eigenvalue weighted by molar-refractivity contribution is 5.61. The molecule has 3 aromatic rings. The summed E-state index contributed by atoms with van der Waals surface area (Å²) < 4.78 is 10.8. The van der Waals surface area contributed by atoms with Gasteiger partial charge in [-0.15, -0.1) is 0 Å². The van der Waals surface area contributed by atoms with Crippen LogP contribution in [0.5, 0.6) is 11.5 Å². The molecule has 0 radical (unpaired) electrons. The van der Waals surface area contributed by atoms with Gasteiger partial charge in [0.2, 0.25) is 12.7 Å². The molecule has 1 aliphatic heterocycles. The van der Waals surface area contributed by atoms with Gasteiger partial charge in [-0.05, 0) is 24.6 Å². The van der Waals surface area contributed by atoms with Crippen LogP contribution in [0.15, 0.2) is 54.6 Å². The van der Waals surface area contributed by atoms with Gasteiger partial charge in [-0.1, -0.05) is 30.3 Å². The third-order valence-electron chi connectivity index (χ3n) is 4.12. The van der Waals surface area contributed by atoms with Crippen LogP contribution >= 0.6 is 0 Å². The van der Waals surface area contributed by atoms with E-state index in [1.807, 2.05) is 56.4 Å². The number of rotatable bonds is 5. The molecule has 0 atom stereocenters. The maximum atomic E-state index is 5.42. The zero-order chi connectivity index (χ0) is 17.9. The number of aryl methyl sites for hydroxylation is 1. The minimum Gasteiger partial charge on any atom is -0.454 e. The van der Waals surface area contributed by atoms with Crippen molar-refractivity contribution >= 4 is 17.5 Å². The predicted octanol–water partition coefficient (Wildman–Crippen LogP) is 3.89. The van der Waals surface area contributed by atoms with Crippen molar-refractivity contribution in [3.63, 3.8) is 0 Å². The van der Waals surface area contributed by atoms with Gasteiger partial charge in [-0.3, -0.25) is 0 Å². The second-order valence-electron chi connectivity index (χ2n) is 6.23. The second-order valence-corrected chi connectivity index (χ2v) is 6.23. The summed E-state index contributed by atoms with van der Waals surface area (Å²) in [4.78, 5) is 11.2. The molecule has 0 bridgehead atoms. The molecule has 0 amide bonds. The Balaban J connectivity index is 1.54. The molecule has 0 spiro atoms. The van der Waals surface area contributed by atoms with Gasteiger partial charge in [0.25, 0.3) is 0 Å². The summed E-state index contributed by atoms with van der Waals surface area (Å²) in [6.45, 7) is 3.00. The number of aromatic nitrogens is 2. The first-order valence-corrected chi connectivity index (χ1v) is 8.45. The fourth-order valence-electron chi connectivity index (χ4n) is 2.85. The zero-order valence-electron chi connectivity index (χ0n) is 14.8. The van der Waals surface area contributed by atoms with E-state index in [1.54, 1.807) is 0 Å². The number of hydrogen-bond donors (Lipinski definition) is 1. The van der Waals surface area contributed by atoms with E-state index in [4.69, 9.17) is 9.47 Å². The normalized spacial score (nSPS) is 12.1. The SMILES string of the molecule is Cc1cc(N(C)Cc2ccccc2)nc(Nc2ccc3c(c2)OCO3)n1. The molecule has 26 heavy (non-hydrogen) atoms. The predicted molar refractivity (Wildman–Crippen MR) is 101 cm³/mol. The Hall–Kier alpha value is -3.28. The Morgan fingerprint density at radius 3 is 2.65 bits per heavy atom. The van der Waals surface area contributed by atoms with E-state index in [1.165, 1.54) is 5.56 Å². The maximum Gasteiger partial charge on any atom is 0.231 e. The smallest absolute Gasteiger partial charge is 0.231 e. The molecule has 0 saturated heterocycles. The second kappa shape index (κ2) is 6.92. The number of nitrogens with zero attached hydrogens (tertiary/aromatic N) is 3. The molecule has 0 saturated carbocycles. The lowest BCUT2D eigenvalue weighted by Crippen LogP contribution is -2.18. The summed E-state index contributed by atoms with van der Waals surface area (Å²) in [6.07, 6.45) is 0. The van der Waals surface area contributed by atoms with Crippen LogP contribution in [-0.4, -0.2) is 23.8 Å². The lowest BCUT2D eigenvalue weighted by atomic mass is 10.2. The van der Waals surface area contributed by atoms with Crippen LogP contribution in [0.3, 0.4) is 0 Å². The standard InChI is InChI=1S/C20H20N4O2/c1-14-10-19(24(2)12-15-6-4-3-5-7-15)23-20(21-14)22-16-8-9-17-18(11-16)26-13-25-17/h3-11H,12-13H2,1-2H3,(H,21,22,23). The first-order valence-electron chi connectivity index (χ1n) is 8.45. The van der Waals surface area contributed by atoms with E-state index in [-0.39, 0.29) is 6.79 Å².